The molecule has 0 bridgehead atoms. The molecule has 0 spiro atoms. The Hall–Kier alpha value is -0.540. The van der Waals surface area contributed by atoms with Gasteiger partial charge in [-0.15, -0.1) is 0 Å². The maximum absolute atomic E-state index is 9.45. The van der Waals surface area contributed by atoms with Crippen LogP contribution in [0.5, 0.6) is 5.75 Å². The number of phenols is 1. The average Bonchev–Trinajstić information content (AvgIpc) is 2.34. The molecule has 3 heteroatoms. The SMILES string of the molecule is CCCCCC(C)(C)CNCc1ccc(O)c(Br)c1. The molecule has 0 aromatic heterocycles. The third-order valence-electron chi connectivity index (χ3n) is 3.40. The van der Waals surface area contributed by atoms with Gasteiger partial charge in [-0.3, -0.25) is 0 Å². The second-order valence-corrected chi connectivity index (χ2v) is 6.86. The smallest absolute Gasteiger partial charge is 0.129 e. The van der Waals surface area contributed by atoms with Crippen LogP contribution in [-0.4, -0.2) is 11.7 Å². The van der Waals surface area contributed by atoms with Gasteiger partial charge in [0.05, 0.1) is 4.47 Å². The molecule has 19 heavy (non-hydrogen) atoms. The van der Waals surface area contributed by atoms with Crippen molar-refractivity contribution >= 4 is 15.9 Å². The molecule has 1 rings (SSSR count). The third kappa shape index (κ3) is 6.44. The molecule has 0 saturated heterocycles. The predicted octanol–water partition coefficient (Wildman–Crippen LogP) is 4.85. The van der Waals surface area contributed by atoms with Crippen LogP contribution < -0.4 is 5.32 Å². The number of rotatable bonds is 8. The first-order valence-corrected chi connectivity index (χ1v) is 7.92. The molecule has 0 saturated carbocycles. The lowest BCUT2D eigenvalue weighted by atomic mass is 9.87. The second-order valence-electron chi connectivity index (χ2n) is 6.01. The summed E-state index contributed by atoms with van der Waals surface area (Å²) in [5, 5.41) is 13.0. The van der Waals surface area contributed by atoms with Crippen molar-refractivity contribution in [1.29, 1.82) is 0 Å². The van der Waals surface area contributed by atoms with Crippen LogP contribution in [0, 0.1) is 5.41 Å². The van der Waals surface area contributed by atoms with E-state index in [-0.39, 0.29) is 0 Å². The van der Waals surface area contributed by atoms with Gasteiger partial charge in [-0.2, -0.15) is 0 Å². The van der Waals surface area contributed by atoms with Gasteiger partial charge in [0.25, 0.3) is 0 Å². The van der Waals surface area contributed by atoms with Crippen molar-refractivity contribution < 1.29 is 5.11 Å². The molecule has 2 nitrogen and oxygen atoms in total. The molecule has 1 aromatic carbocycles. The lowest BCUT2D eigenvalue weighted by Crippen LogP contribution is -2.29. The first kappa shape index (κ1) is 16.5. The van der Waals surface area contributed by atoms with E-state index in [0.29, 0.717) is 11.2 Å². The molecule has 0 aliphatic rings. The molecule has 108 valence electrons. The minimum absolute atomic E-state index is 0.295. The van der Waals surface area contributed by atoms with Crippen LogP contribution in [0.15, 0.2) is 22.7 Å². The molecular weight excluding hydrogens is 302 g/mol. The topological polar surface area (TPSA) is 32.3 Å². The lowest BCUT2D eigenvalue weighted by molar-refractivity contribution is 0.302. The van der Waals surface area contributed by atoms with Crippen LogP contribution >= 0.6 is 15.9 Å². The van der Waals surface area contributed by atoms with E-state index in [1.54, 1.807) is 6.07 Å². The number of hydrogen-bond acceptors (Lipinski definition) is 2. The summed E-state index contributed by atoms with van der Waals surface area (Å²) in [6.07, 6.45) is 5.20. The molecule has 1 aromatic rings. The molecule has 0 heterocycles. The second kappa shape index (κ2) is 7.91. The Bertz CT molecular complexity index is 390. The Kier molecular flexibility index (Phi) is 6.87. The molecular formula is C16H26BrNO. The summed E-state index contributed by atoms with van der Waals surface area (Å²) in [5.41, 5.74) is 1.54. The van der Waals surface area contributed by atoms with E-state index < -0.39 is 0 Å². The number of nitrogens with one attached hydrogen (secondary N) is 1. The minimum atomic E-state index is 0.295. The summed E-state index contributed by atoms with van der Waals surface area (Å²) >= 11 is 3.34. The van der Waals surface area contributed by atoms with E-state index in [4.69, 9.17) is 0 Å². The highest BCUT2D eigenvalue weighted by Gasteiger charge is 2.16. The Morgan fingerprint density at radius 2 is 2.00 bits per heavy atom. The van der Waals surface area contributed by atoms with Gasteiger partial charge >= 0.3 is 0 Å². The quantitative estimate of drug-likeness (QED) is 0.669. The summed E-state index contributed by atoms with van der Waals surface area (Å²) < 4.78 is 0.758. The highest BCUT2D eigenvalue weighted by molar-refractivity contribution is 9.10. The van der Waals surface area contributed by atoms with Crippen LogP contribution in [0.1, 0.15) is 52.0 Å². The van der Waals surface area contributed by atoms with Crippen molar-refractivity contribution in [3.05, 3.63) is 28.2 Å². The summed E-state index contributed by atoms with van der Waals surface area (Å²) in [6.45, 7) is 8.75. The third-order valence-corrected chi connectivity index (χ3v) is 4.04. The van der Waals surface area contributed by atoms with Gasteiger partial charge in [0, 0.05) is 13.1 Å². The van der Waals surface area contributed by atoms with Gasteiger partial charge in [0.15, 0.2) is 0 Å². The van der Waals surface area contributed by atoms with Crippen LogP contribution in [0.25, 0.3) is 0 Å². The molecule has 0 amide bonds. The number of aromatic hydroxyl groups is 1. The summed E-state index contributed by atoms with van der Waals surface area (Å²) in [4.78, 5) is 0. The fraction of sp³-hybridized carbons (Fsp3) is 0.625. The number of benzene rings is 1. The van der Waals surface area contributed by atoms with Crippen LogP contribution in [0.4, 0.5) is 0 Å². The molecule has 0 fully saturated rings. The van der Waals surface area contributed by atoms with E-state index in [2.05, 4.69) is 42.0 Å². The summed E-state index contributed by atoms with van der Waals surface area (Å²) in [6, 6.07) is 5.65. The number of phenolic OH excluding ortho intramolecular Hbond substituents is 1. The van der Waals surface area contributed by atoms with Gasteiger partial charge in [0.2, 0.25) is 0 Å². The van der Waals surface area contributed by atoms with Crippen molar-refractivity contribution in [2.24, 2.45) is 5.41 Å². The van der Waals surface area contributed by atoms with Crippen molar-refractivity contribution in [2.45, 2.75) is 53.0 Å². The van der Waals surface area contributed by atoms with Crippen LogP contribution in [-0.2, 0) is 6.54 Å². The standard InChI is InChI=1S/C16H26BrNO/c1-4-5-6-9-16(2,3)12-18-11-13-7-8-15(19)14(17)10-13/h7-8,10,18-19H,4-6,9,11-12H2,1-3H3. The highest BCUT2D eigenvalue weighted by atomic mass is 79.9. The first-order chi connectivity index (χ1) is 8.94. The zero-order chi connectivity index (χ0) is 14.3. The number of hydrogen-bond donors (Lipinski definition) is 2. The van der Waals surface area contributed by atoms with Crippen molar-refractivity contribution in [2.75, 3.05) is 6.54 Å². The van der Waals surface area contributed by atoms with Gasteiger partial charge in [-0.1, -0.05) is 46.1 Å². The Morgan fingerprint density at radius 3 is 2.63 bits per heavy atom. The molecule has 0 unspecified atom stereocenters. The molecule has 2 N–H and O–H groups in total. The average molecular weight is 328 g/mol. The summed E-state index contributed by atoms with van der Waals surface area (Å²) in [5.74, 6) is 0.295. The van der Waals surface area contributed by atoms with E-state index in [1.165, 1.54) is 31.2 Å². The Morgan fingerprint density at radius 1 is 1.26 bits per heavy atom. The summed E-state index contributed by atoms with van der Waals surface area (Å²) in [7, 11) is 0. The van der Waals surface area contributed by atoms with Crippen molar-refractivity contribution in [3.63, 3.8) is 0 Å². The monoisotopic (exact) mass is 327 g/mol. The largest absolute Gasteiger partial charge is 0.507 e. The van der Waals surface area contributed by atoms with Crippen molar-refractivity contribution in [3.8, 4) is 5.75 Å². The number of halogens is 1. The van der Waals surface area contributed by atoms with Gasteiger partial charge in [-0.25, -0.2) is 0 Å². The van der Waals surface area contributed by atoms with Gasteiger partial charge in [-0.05, 0) is 45.5 Å². The lowest BCUT2D eigenvalue weighted by Gasteiger charge is -2.25. The minimum Gasteiger partial charge on any atom is -0.507 e. The molecule has 0 atom stereocenters. The highest BCUT2D eigenvalue weighted by Crippen LogP contribution is 2.25. The maximum atomic E-state index is 9.45. The zero-order valence-corrected chi connectivity index (χ0v) is 13.9. The fourth-order valence-corrected chi connectivity index (χ4v) is 2.57. The molecule has 0 aliphatic heterocycles. The van der Waals surface area contributed by atoms with E-state index in [9.17, 15) is 5.11 Å². The normalized spacial score (nSPS) is 11.8. The van der Waals surface area contributed by atoms with Crippen molar-refractivity contribution in [1.82, 2.24) is 5.32 Å². The maximum Gasteiger partial charge on any atom is 0.129 e. The Balaban J connectivity index is 2.34. The Labute approximate surface area is 125 Å². The fourth-order valence-electron chi connectivity index (χ4n) is 2.15. The van der Waals surface area contributed by atoms with E-state index >= 15 is 0 Å². The number of unbranched alkanes of at least 4 members (excludes halogenated alkanes) is 2. The molecule has 0 radical (unpaired) electrons. The zero-order valence-electron chi connectivity index (χ0n) is 12.3. The predicted molar refractivity (Wildman–Crippen MR) is 85.4 cm³/mol. The van der Waals surface area contributed by atoms with Gasteiger partial charge in [0.1, 0.15) is 5.75 Å². The van der Waals surface area contributed by atoms with Crippen LogP contribution in [0.2, 0.25) is 0 Å². The van der Waals surface area contributed by atoms with E-state index in [1.807, 2.05) is 12.1 Å². The molecule has 0 aliphatic carbocycles. The van der Waals surface area contributed by atoms with Crippen LogP contribution in [0.3, 0.4) is 0 Å². The van der Waals surface area contributed by atoms with Gasteiger partial charge < -0.3 is 10.4 Å². The van der Waals surface area contributed by atoms with E-state index in [0.717, 1.165) is 17.6 Å². The first-order valence-electron chi connectivity index (χ1n) is 7.13.